The van der Waals surface area contributed by atoms with Gasteiger partial charge in [-0.2, -0.15) is 31.4 Å². The summed E-state index contributed by atoms with van der Waals surface area (Å²) in [6.45, 7) is 1.90. The van der Waals surface area contributed by atoms with Crippen LogP contribution >= 0.6 is 0 Å². The van der Waals surface area contributed by atoms with Crippen LogP contribution in [-0.4, -0.2) is 44.7 Å². The number of carbonyl (C=O) groups excluding carboxylic acids is 2. The van der Waals surface area contributed by atoms with Crippen molar-refractivity contribution in [3.8, 4) is 0 Å². The largest absolute Gasteiger partial charge is 0.394 e. The van der Waals surface area contributed by atoms with Gasteiger partial charge in [-0.15, -0.1) is 0 Å². The van der Waals surface area contributed by atoms with Crippen LogP contribution < -0.4 is 10.6 Å². The molecule has 2 aromatic heterocycles. The van der Waals surface area contributed by atoms with Crippen molar-refractivity contribution in [1.82, 2.24) is 25.2 Å². The zero-order valence-corrected chi connectivity index (χ0v) is 23.5. The lowest BCUT2D eigenvalue weighted by Gasteiger charge is -2.33. The van der Waals surface area contributed by atoms with Crippen molar-refractivity contribution in [2.75, 3.05) is 0 Å². The van der Waals surface area contributed by atoms with E-state index in [1.165, 1.54) is 16.9 Å². The maximum Gasteiger partial charge on any atom is 0.394 e. The highest BCUT2D eigenvalue weighted by Crippen LogP contribution is 2.51. The van der Waals surface area contributed by atoms with Gasteiger partial charge in [0.2, 0.25) is 17.7 Å². The summed E-state index contributed by atoms with van der Waals surface area (Å²) < 4.78 is 108. The minimum atomic E-state index is -4.57. The number of hydrogen-bond acceptors (Lipinski definition) is 4. The lowest BCUT2D eigenvalue weighted by molar-refractivity contribution is -0.213. The highest BCUT2D eigenvalue weighted by molar-refractivity contribution is 5.82. The lowest BCUT2D eigenvalue weighted by atomic mass is 9.81. The zero-order valence-electron chi connectivity index (χ0n) is 23.5. The number of imidazole rings is 1. The molecule has 43 heavy (non-hydrogen) atoms. The van der Waals surface area contributed by atoms with E-state index in [1.54, 1.807) is 6.07 Å². The smallest absolute Gasteiger partial charge is 0.349 e. The number of carbonyl (C=O) groups is 2. The highest BCUT2D eigenvalue weighted by Gasteiger charge is 2.59. The van der Waals surface area contributed by atoms with E-state index < -0.39 is 84.6 Å². The van der Waals surface area contributed by atoms with E-state index >= 15 is 0 Å². The van der Waals surface area contributed by atoms with Crippen molar-refractivity contribution < 1.29 is 44.7 Å². The summed E-state index contributed by atoms with van der Waals surface area (Å²) in [5.41, 5.74) is -1.21. The van der Waals surface area contributed by atoms with Crippen LogP contribution in [0.1, 0.15) is 88.6 Å². The van der Waals surface area contributed by atoms with Gasteiger partial charge < -0.3 is 10.6 Å². The fraction of sp³-hybridized carbons (Fsp3) is 0.714. The van der Waals surface area contributed by atoms with E-state index in [4.69, 9.17) is 0 Å². The molecule has 3 fully saturated rings. The molecule has 0 radical (unpaired) electrons. The monoisotopic (exact) mass is 623 g/mol. The van der Waals surface area contributed by atoms with E-state index in [0.717, 1.165) is 26.7 Å². The van der Waals surface area contributed by atoms with Gasteiger partial charge in [-0.3, -0.25) is 9.59 Å². The number of nitrogens with one attached hydrogen (secondary N) is 2. The Morgan fingerprint density at radius 2 is 1.63 bits per heavy atom. The van der Waals surface area contributed by atoms with Gasteiger partial charge in [0.25, 0.3) is 0 Å². The molecular weight excluding hydrogens is 590 g/mol. The first-order valence-corrected chi connectivity index (χ1v) is 14.3. The average molecular weight is 624 g/mol. The third-order valence-electron chi connectivity index (χ3n) is 8.90. The normalized spacial score (nSPS) is 24.4. The van der Waals surface area contributed by atoms with E-state index in [2.05, 4.69) is 20.7 Å². The van der Waals surface area contributed by atoms with Gasteiger partial charge in [0.05, 0.1) is 47.4 Å². The Morgan fingerprint density at radius 1 is 1.00 bits per heavy atom. The summed E-state index contributed by atoms with van der Waals surface area (Å²) in [7, 11) is 0. The molecule has 0 aromatic carbocycles. The van der Waals surface area contributed by atoms with Crippen LogP contribution in [0.15, 0.2) is 18.5 Å². The minimum Gasteiger partial charge on any atom is -0.349 e. The Labute approximate surface area is 242 Å². The predicted molar refractivity (Wildman–Crippen MR) is 136 cm³/mol. The molecule has 7 nitrogen and oxygen atoms in total. The van der Waals surface area contributed by atoms with Crippen LogP contribution in [0, 0.1) is 29.1 Å². The fourth-order valence-corrected chi connectivity index (χ4v) is 5.79. The van der Waals surface area contributed by atoms with E-state index in [-0.39, 0.29) is 36.5 Å². The number of halogens is 8. The zero-order chi connectivity index (χ0) is 31.5. The van der Waals surface area contributed by atoms with E-state index in [9.17, 15) is 44.7 Å². The van der Waals surface area contributed by atoms with Gasteiger partial charge in [0, 0.05) is 19.3 Å². The second kappa shape index (κ2) is 10.9. The van der Waals surface area contributed by atoms with Crippen molar-refractivity contribution in [2.24, 2.45) is 29.1 Å². The quantitative estimate of drug-likeness (QED) is 0.314. The Balaban J connectivity index is 1.37. The molecule has 238 valence electrons. The number of fused-ring (bicyclic) bond motifs is 1. The third-order valence-corrected chi connectivity index (χ3v) is 8.90. The SMILES string of the molecule is CC(C)(CC(=O)N[C@@H](c1cnn2cc([C@@H](NC(=O)[C@@H]3C[C@H]3C(F)(F)F)C3CCC(F)(F)CC3)nc2c1)C1CC1)C(F)(F)F. The number of alkyl halides is 8. The third kappa shape index (κ3) is 7.05. The Kier molecular flexibility index (Phi) is 7.94. The van der Waals surface area contributed by atoms with E-state index in [0.29, 0.717) is 5.56 Å². The predicted octanol–water partition coefficient (Wildman–Crippen LogP) is 6.46. The molecule has 0 bridgehead atoms. The first-order valence-electron chi connectivity index (χ1n) is 14.3. The summed E-state index contributed by atoms with van der Waals surface area (Å²) in [6, 6.07) is 0.0644. The maximum atomic E-state index is 13.9. The summed E-state index contributed by atoms with van der Waals surface area (Å²) in [4.78, 5) is 30.0. The lowest BCUT2D eigenvalue weighted by Crippen LogP contribution is -2.39. The van der Waals surface area contributed by atoms with Gasteiger partial charge >= 0.3 is 12.4 Å². The van der Waals surface area contributed by atoms with Crippen LogP contribution in [0.3, 0.4) is 0 Å². The highest BCUT2D eigenvalue weighted by atomic mass is 19.4. The van der Waals surface area contributed by atoms with Crippen molar-refractivity contribution >= 4 is 17.5 Å². The summed E-state index contributed by atoms with van der Waals surface area (Å²) in [5.74, 6) is -7.94. The number of nitrogens with zero attached hydrogens (tertiary/aromatic N) is 3. The van der Waals surface area contributed by atoms with Crippen LogP contribution in [0.25, 0.3) is 5.65 Å². The minimum absolute atomic E-state index is 0.00676. The maximum absolute atomic E-state index is 13.9. The van der Waals surface area contributed by atoms with Gasteiger partial charge in [0.1, 0.15) is 0 Å². The molecule has 0 spiro atoms. The molecule has 0 saturated heterocycles. The van der Waals surface area contributed by atoms with Gasteiger partial charge in [-0.05, 0) is 55.6 Å². The average Bonchev–Trinajstić information content (AvgIpc) is 3.80. The molecule has 0 unspecified atom stereocenters. The van der Waals surface area contributed by atoms with Crippen molar-refractivity contribution in [3.05, 3.63) is 29.7 Å². The molecule has 2 N–H and O–H groups in total. The number of amides is 2. The first-order chi connectivity index (χ1) is 19.8. The number of hydrogen-bond donors (Lipinski definition) is 2. The molecule has 4 atom stereocenters. The van der Waals surface area contributed by atoms with Gasteiger partial charge in [-0.25, -0.2) is 18.3 Å². The number of aromatic nitrogens is 3. The summed E-state index contributed by atoms with van der Waals surface area (Å²) in [5, 5.41) is 9.66. The van der Waals surface area contributed by atoms with Gasteiger partial charge in [0.15, 0.2) is 5.65 Å². The number of rotatable bonds is 9. The summed E-state index contributed by atoms with van der Waals surface area (Å²) >= 11 is 0. The van der Waals surface area contributed by atoms with Crippen molar-refractivity contribution in [3.63, 3.8) is 0 Å². The molecule has 3 aliphatic rings. The molecule has 0 aliphatic heterocycles. The topological polar surface area (TPSA) is 88.4 Å². The standard InChI is InChI=1S/C28H33F8N5O2/c1-25(2,28(34,35)36)11-21(42)39-22(14-3-4-14)16-9-20-38-19(13-41(20)37-12-16)23(15-5-7-26(29,30)8-6-15)40-24(43)17-10-18(17)27(31,32)33/h9,12-15,17-18,22-23H,3-8,10-11H2,1-2H3,(H,39,42)(H,40,43)/t17-,18-,22-,23+/m1/s1. The molecule has 15 heteroatoms. The molecule has 2 amide bonds. The van der Waals surface area contributed by atoms with Crippen molar-refractivity contribution in [2.45, 2.75) is 95.6 Å². The van der Waals surface area contributed by atoms with Crippen LogP contribution in [-0.2, 0) is 9.59 Å². The van der Waals surface area contributed by atoms with Crippen LogP contribution in [0.5, 0.6) is 0 Å². The first kappa shape index (κ1) is 31.4. The van der Waals surface area contributed by atoms with Crippen molar-refractivity contribution in [1.29, 1.82) is 0 Å². The molecule has 2 heterocycles. The summed E-state index contributed by atoms with van der Waals surface area (Å²) in [6.07, 6.45) is -6.56. The molecule has 3 aliphatic carbocycles. The molecule has 5 rings (SSSR count). The molecule has 2 aromatic rings. The fourth-order valence-electron chi connectivity index (χ4n) is 5.79. The Bertz CT molecular complexity index is 1360. The van der Waals surface area contributed by atoms with Crippen LogP contribution in [0.4, 0.5) is 35.1 Å². The Hall–Kier alpha value is -3.00. The Morgan fingerprint density at radius 3 is 2.19 bits per heavy atom. The van der Waals surface area contributed by atoms with Crippen LogP contribution in [0.2, 0.25) is 0 Å². The molecule has 3 saturated carbocycles. The second-order valence-electron chi connectivity index (χ2n) is 12.9. The van der Waals surface area contributed by atoms with Gasteiger partial charge in [-0.1, -0.05) is 13.8 Å². The van der Waals surface area contributed by atoms with E-state index in [1.807, 2.05) is 0 Å². The molecular formula is C28H33F8N5O2. The second-order valence-corrected chi connectivity index (χ2v) is 12.9.